The molecule has 3 heterocycles. The standard InChI is InChI=1S/C22H21BN4O3/c1-3-30-22(28)18-12-25-21-17(6-7-19(27-21)29-2)20(18)26-16-5-4-15-11-23(13-24)9-8-14(15)10-16/h4-7,10,12H,3,8-9,11H2,1-2H3,(H,25,26,27). The molecule has 4 rings (SSSR count). The summed E-state index contributed by atoms with van der Waals surface area (Å²) in [5, 5.41) is 13.3. The highest BCUT2D eigenvalue weighted by atomic mass is 16.5. The highest BCUT2D eigenvalue weighted by Gasteiger charge is 2.23. The molecular formula is C22H21BN4O3. The zero-order valence-electron chi connectivity index (χ0n) is 16.9. The monoisotopic (exact) mass is 400 g/mol. The Morgan fingerprint density at radius 1 is 1.30 bits per heavy atom. The van der Waals surface area contributed by atoms with Crippen LogP contribution in [0.2, 0.25) is 6.32 Å². The number of carbonyl (C=O) groups is 1. The van der Waals surface area contributed by atoms with Gasteiger partial charge in [0.2, 0.25) is 5.88 Å². The molecule has 1 aromatic carbocycles. The lowest BCUT2D eigenvalue weighted by atomic mass is 9.42. The van der Waals surface area contributed by atoms with E-state index < -0.39 is 5.97 Å². The number of anilines is 2. The van der Waals surface area contributed by atoms with Crippen LogP contribution >= 0.6 is 0 Å². The van der Waals surface area contributed by atoms with Gasteiger partial charge in [-0.3, -0.25) is 0 Å². The van der Waals surface area contributed by atoms with Crippen LogP contribution in [0, 0.1) is 11.2 Å². The second kappa shape index (κ2) is 8.41. The molecule has 2 aromatic heterocycles. The highest BCUT2D eigenvalue weighted by Crippen LogP contribution is 2.32. The first-order valence-corrected chi connectivity index (χ1v) is 9.92. The van der Waals surface area contributed by atoms with Crippen LogP contribution < -0.4 is 10.1 Å². The van der Waals surface area contributed by atoms with Gasteiger partial charge in [0.25, 0.3) is 6.71 Å². The van der Waals surface area contributed by atoms with Crippen LogP contribution in [0.25, 0.3) is 11.0 Å². The summed E-state index contributed by atoms with van der Waals surface area (Å²) in [4.78, 5) is 21.2. The van der Waals surface area contributed by atoms with Gasteiger partial charge >= 0.3 is 5.97 Å². The number of carbonyl (C=O) groups excluding carboxylic acids is 1. The average molecular weight is 400 g/mol. The lowest BCUT2D eigenvalue weighted by molar-refractivity contribution is 0.0527. The van der Waals surface area contributed by atoms with Gasteiger partial charge in [-0.25, -0.2) is 15.0 Å². The maximum Gasteiger partial charge on any atom is 0.341 e. The average Bonchev–Trinajstić information content (AvgIpc) is 2.78. The van der Waals surface area contributed by atoms with Gasteiger partial charge in [-0.2, -0.15) is 4.98 Å². The molecule has 0 saturated heterocycles. The van der Waals surface area contributed by atoms with E-state index in [1.54, 1.807) is 20.1 Å². The molecule has 150 valence electrons. The summed E-state index contributed by atoms with van der Waals surface area (Å²) in [6.45, 7) is 2.12. The molecular weight excluding hydrogens is 379 g/mol. The summed E-state index contributed by atoms with van der Waals surface area (Å²) in [5.41, 5.74) is 4.70. The fraction of sp³-hybridized carbons (Fsp3) is 0.273. The van der Waals surface area contributed by atoms with Gasteiger partial charge in [-0.15, -0.1) is 0 Å². The van der Waals surface area contributed by atoms with E-state index in [9.17, 15) is 10.1 Å². The molecule has 0 aliphatic carbocycles. The predicted octanol–water partition coefficient (Wildman–Crippen LogP) is 3.75. The molecule has 0 radical (unpaired) electrons. The van der Waals surface area contributed by atoms with E-state index in [0.29, 0.717) is 28.2 Å². The molecule has 0 unspecified atom stereocenters. The van der Waals surface area contributed by atoms with Gasteiger partial charge in [-0.1, -0.05) is 17.9 Å². The molecule has 1 aliphatic rings. The number of esters is 1. The predicted molar refractivity (Wildman–Crippen MR) is 115 cm³/mol. The lowest BCUT2D eigenvalue weighted by Gasteiger charge is -2.20. The molecule has 0 spiro atoms. The molecule has 0 saturated carbocycles. The van der Waals surface area contributed by atoms with Crippen molar-refractivity contribution >= 4 is 35.1 Å². The van der Waals surface area contributed by atoms with E-state index in [4.69, 9.17) is 9.47 Å². The fourth-order valence-electron chi connectivity index (χ4n) is 3.76. The number of aromatic nitrogens is 2. The first-order valence-electron chi connectivity index (χ1n) is 9.92. The van der Waals surface area contributed by atoms with E-state index >= 15 is 0 Å². The van der Waals surface area contributed by atoms with Crippen molar-refractivity contribution < 1.29 is 14.3 Å². The maximum absolute atomic E-state index is 12.5. The number of pyridine rings is 2. The van der Waals surface area contributed by atoms with E-state index in [1.807, 2.05) is 12.1 Å². The number of hydrogen-bond acceptors (Lipinski definition) is 7. The second-order valence-corrected chi connectivity index (χ2v) is 7.17. The molecule has 0 fully saturated rings. The molecule has 7 nitrogen and oxygen atoms in total. The van der Waals surface area contributed by atoms with Crippen molar-refractivity contribution in [3.8, 4) is 11.8 Å². The van der Waals surface area contributed by atoms with Crippen molar-refractivity contribution in [3.63, 3.8) is 0 Å². The lowest BCUT2D eigenvalue weighted by Crippen LogP contribution is -2.21. The molecule has 8 heteroatoms. The largest absolute Gasteiger partial charge is 0.481 e. The molecule has 3 aromatic rings. The molecule has 1 N–H and O–H groups in total. The van der Waals surface area contributed by atoms with Crippen LogP contribution in [0.15, 0.2) is 36.5 Å². The first kappa shape index (κ1) is 19.7. The quantitative estimate of drug-likeness (QED) is 0.515. The number of benzene rings is 1. The van der Waals surface area contributed by atoms with Gasteiger partial charge in [0.15, 0.2) is 5.65 Å². The number of ether oxygens (including phenoxy) is 2. The third-order valence-corrected chi connectivity index (χ3v) is 5.30. The number of fused-ring (bicyclic) bond motifs is 2. The van der Waals surface area contributed by atoms with Crippen molar-refractivity contribution in [1.82, 2.24) is 9.97 Å². The minimum Gasteiger partial charge on any atom is -0.481 e. The number of nitrogens with one attached hydrogen (secondary N) is 1. The van der Waals surface area contributed by atoms with E-state index in [2.05, 4.69) is 33.4 Å². The Bertz CT molecular complexity index is 1160. The Morgan fingerprint density at radius 3 is 2.93 bits per heavy atom. The van der Waals surface area contributed by atoms with Crippen LogP contribution in [0.1, 0.15) is 28.4 Å². The highest BCUT2D eigenvalue weighted by molar-refractivity contribution is 6.66. The van der Waals surface area contributed by atoms with Gasteiger partial charge in [0.05, 0.1) is 19.4 Å². The van der Waals surface area contributed by atoms with Crippen molar-refractivity contribution in [2.45, 2.75) is 26.0 Å². The van der Waals surface area contributed by atoms with E-state index in [-0.39, 0.29) is 13.3 Å². The molecule has 0 bridgehead atoms. The fourth-order valence-corrected chi connectivity index (χ4v) is 3.76. The Labute approximate surface area is 175 Å². The number of nitrogens with zero attached hydrogens (tertiary/aromatic N) is 3. The van der Waals surface area contributed by atoms with Crippen molar-refractivity contribution in [2.24, 2.45) is 0 Å². The maximum atomic E-state index is 12.5. The Hall–Kier alpha value is -3.60. The van der Waals surface area contributed by atoms with Gasteiger partial charge in [0, 0.05) is 29.3 Å². The smallest absolute Gasteiger partial charge is 0.341 e. The summed E-state index contributed by atoms with van der Waals surface area (Å²) in [6.07, 6.45) is 3.99. The Kier molecular flexibility index (Phi) is 5.53. The zero-order chi connectivity index (χ0) is 21.1. The van der Waals surface area contributed by atoms with Crippen LogP contribution in [-0.2, 0) is 17.5 Å². The number of rotatable bonds is 5. The number of nitriles is 1. The van der Waals surface area contributed by atoms with Crippen molar-refractivity contribution in [2.75, 3.05) is 19.0 Å². The van der Waals surface area contributed by atoms with Crippen LogP contribution in [0.4, 0.5) is 11.4 Å². The minimum atomic E-state index is -0.444. The van der Waals surface area contributed by atoms with Crippen LogP contribution in [0.5, 0.6) is 5.88 Å². The van der Waals surface area contributed by atoms with Crippen molar-refractivity contribution in [3.05, 3.63) is 53.2 Å². The normalized spacial score (nSPS) is 12.8. The minimum absolute atomic E-state index is 0.0805. The zero-order valence-corrected chi connectivity index (χ0v) is 16.9. The third-order valence-electron chi connectivity index (χ3n) is 5.30. The van der Waals surface area contributed by atoms with Crippen LogP contribution in [-0.4, -0.2) is 36.4 Å². The summed E-state index contributed by atoms with van der Waals surface area (Å²) >= 11 is 0. The SMILES string of the molecule is CCOC(=O)c1cnc2nc(OC)ccc2c1Nc1ccc2c(c1)CCB(C#N)C2. The summed E-state index contributed by atoms with van der Waals surface area (Å²) in [7, 11) is 1.55. The molecule has 1 aliphatic heterocycles. The van der Waals surface area contributed by atoms with Gasteiger partial charge in [-0.05, 0) is 43.4 Å². The van der Waals surface area contributed by atoms with Gasteiger partial charge in [0.1, 0.15) is 5.56 Å². The number of methoxy groups -OCH3 is 1. The van der Waals surface area contributed by atoms with E-state index in [0.717, 1.165) is 24.7 Å². The van der Waals surface area contributed by atoms with Crippen LogP contribution in [0.3, 0.4) is 0 Å². The number of aryl methyl sites for hydroxylation is 1. The number of hydrogen-bond donors (Lipinski definition) is 1. The summed E-state index contributed by atoms with van der Waals surface area (Å²) < 4.78 is 10.4. The second-order valence-electron chi connectivity index (χ2n) is 7.17. The summed E-state index contributed by atoms with van der Waals surface area (Å²) in [6, 6.07) is 9.67. The Morgan fingerprint density at radius 2 is 2.17 bits per heavy atom. The van der Waals surface area contributed by atoms with Gasteiger partial charge < -0.3 is 14.8 Å². The first-order chi connectivity index (χ1) is 14.6. The molecule has 0 atom stereocenters. The topological polar surface area (TPSA) is 97.1 Å². The Balaban J connectivity index is 1.76. The molecule has 30 heavy (non-hydrogen) atoms. The van der Waals surface area contributed by atoms with E-state index in [1.165, 1.54) is 17.3 Å². The van der Waals surface area contributed by atoms with Crippen molar-refractivity contribution in [1.29, 1.82) is 5.26 Å². The summed E-state index contributed by atoms with van der Waals surface area (Å²) in [5.74, 6) is 2.37. The third kappa shape index (κ3) is 3.79. The molecule has 0 amide bonds.